The van der Waals surface area contributed by atoms with Crippen LogP contribution in [0.15, 0.2) is 47.6 Å². The Morgan fingerprint density at radius 3 is 2.68 bits per heavy atom. The highest BCUT2D eigenvalue weighted by atomic mass is 16.6. The molecule has 0 unspecified atom stereocenters. The molecular formula is C19H19N5O4. The van der Waals surface area contributed by atoms with E-state index in [0.29, 0.717) is 22.7 Å². The molecule has 0 spiro atoms. The third-order valence-corrected chi connectivity index (χ3v) is 3.98. The highest BCUT2D eigenvalue weighted by molar-refractivity contribution is 6.42. The summed E-state index contributed by atoms with van der Waals surface area (Å²) >= 11 is 0. The number of ether oxygens (including phenoxy) is 1. The maximum Gasteiger partial charge on any atom is 0.358 e. The highest BCUT2D eigenvalue weighted by Crippen LogP contribution is 2.25. The van der Waals surface area contributed by atoms with Gasteiger partial charge in [-0.25, -0.2) is 4.79 Å². The Morgan fingerprint density at radius 1 is 1.25 bits per heavy atom. The van der Waals surface area contributed by atoms with Crippen molar-refractivity contribution in [1.29, 1.82) is 0 Å². The van der Waals surface area contributed by atoms with Crippen molar-refractivity contribution in [2.24, 2.45) is 12.2 Å². The van der Waals surface area contributed by atoms with Gasteiger partial charge in [0.2, 0.25) is 5.82 Å². The molecule has 1 heterocycles. The van der Waals surface area contributed by atoms with E-state index in [2.05, 4.69) is 25.4 Å². The van der Waals surface area contributed by atoms with Gasteiger partial charge in [0.05, 0.1) is 7.05 Å². The van der Waals surface area contributed by atoms with Crippen molar-refractivity contribution in [2.45, 2.75) is 13.5 Å². The topological polar surface area (TPSA) is 112 Å². The molecule has 0 aliphatic carbocycles. The molecule has 0 aliphatic rings. The average molecular weight is 381 g/mol. The van der Waals surface area contributed by atoms with Crippen molar-refractivity contribution >= 4 is 11.7 Å². The van der Waals surface area contributed by atoms with Crippen molar-refractivity contribution in [3.63, 3.8) is 0 Å². The maximum absolute atomic E-state index is 11.5. The molecule has 1 aromatic heterocycles. The Labute approximate surface area is 161 Å². The molecule has 0 bridgehead atoms. The first-order chi connectivity index (χ1) is 13.5. The first kappa shape index (κ1) is 19.0. The largest absolute Gasteiger partial charge is 0.489 e. The molecule has 9 nitrogen and oxygen atoms in total. The third-order valence-electron chi connectivity index (χ3n) is 3.98. The van der Waals surface area contributed by atoms with E-state index in [-0.39, 0.29) is 12.3 Å². The van der Waals surface area contributed by atoms with Crippen molar-refractivity contribution in [3.05, 3.63) is 59.2 Å². The summed E-state index contributed by atoms with van der Waals surface area (Å²) in [5.74, 6) is 0.0266. The molecule has 0 fully saturated rings. The first-order valence-electron chi connectivity index (χ1n) is 8.40. The van der Waals surface area contributed by atoms with E-state index in [1.165, 1.54) is 11.9 Å². The molecule has 3 aromatic rings. The van der Waals surface area contributed by atoms with Crippen molar-refractivity contribution in [1.82, 2.24) is 20.2 Å². The van der Waals surface area contributed by atoms with E-state index in [0.717, 1.165) is 11.1 Å². The fraction of sp³-hybridized carbons (Fsp3) is 0.211. The minimum atomic E-state index is -1.17. The minimum absolute atomic E-state index is 0.176. The number of aryl methyl sites for hydroxylation is 2. The number of rotatable bonds is 7. The van der Waals surface area contributed by atoms with Crippen LogP contribution in [-0.4, -0.2) is 44.1 Å². The van der Waals surface area contributed by atoms with E-state index in [4.69, 9.17) is 4.74 Å². The van der Waals surface area contributed by atoms with Crippen LogP contribution in [0.1, 0.15) is 16.7 Å². The summed E-state index contributed by atoms with van der Waals surface area (Å²) in [6.45, 7) is 2.09. The van der Waals surface area contributed by atoms with Crippen molar-refractivity contribution in [3.8, 4) is 17.1 Å². The number of hydrogen-bond donors (Lipinski definition) is 1. The van der Waals surface area contributed by atoms with E-state index < -0.39 is 5.97 Å². The second-order valence-electron chi connectivity index (χ2n) is 5.96. The second kappa shape index (κ2) is 8.30. The van der Waals surface area contributed by atoms with E-state index >= 15 is 0 Å². The van der Waals surface area contributed by atoms with Crippen molar-refractivity contribution in [2.75, 3.05) is 7.11 Å². The van der Waals surface area contributed by atoms with Gasteiger partial charge in [0.15, 0.2) is 5.71 Å². The number of carboxylic acid groups (broad SMARTS) is 1. The van der Waals surface area contributed by atoms with Crippen LogP contribution in [0.4, 0.5) is 0 Å². The average Bonchev–Trinajstić information content (AvgIpc) is 3.11. The summed E-state index contributed by atoms with van der Waals surface area (Å²) in [6, 6.07) is 12.6. The number of benzene rings is 2. The van der Waals surface area contributed by atoms with Gasteiger partial charge in [-0.2, -0.15) is 4.80 Å². The number of aromatic nitrogens is 4. The summed E-state index contributed by atoms with van der Waals surface area (Å²) in [7, 11) is 3.01. The molecule has 0 amide bonds. The lowest BCUT2D eigenvalue weighted by molar-refractivity contribution is -0.129. The van der Waals surface area contributed by atoms with Crippen molar-refractivity contribution < 1.29 is 19.5 Å². The van der Waals surface area contributed by atoms with Gasteiger partial charge >= 0.3 is 5.97 Å². The number of tetrazole rings is 1. The third kappa shape index (κ3) is 4.14. The standard InChI is InChI=1S/C19H19N5O4/c1-12-10-13(18-20-23-24(2)21-18)8-9-16(12)28-11-14-6-4-5-7-15(14)17(19(25)26)22-27-3/h4-10H,11H2,1-3H3,(H,25,26)/b22-17+. The van der Waals surface area contributed by atoms with Crippen LogP contribution in [0.25, 0.3) is 11.4 Å². The Hall–Kier alpha value is -3.75. The Morgan fingerprint density at radius 2 is 2.04 bits per heavy atom. The van der Waals surface area contributed by atoms with Gasteiger partial charge in [0, 0.05) is 11.1 Å². The molecule has 0 radical (unpaired) electrons. The van der Waals surface area contributed by atoms with Crippen LogP contribution in [0, 0.1) is 6.92 Å². The monoisotopic (exact) mass is 381 g/mol. The van der Waals surface area contributed by atoms with E-state index in [1.54, 1.807) is 25.2 Å². The molecule has 1 N–H and O–H groups in total. The zero-order chi connectivity index (χ0) is 20.1. The molecule has 0 saturated heterocycles. The number of carboxylic acids is 1. The number of aliphatic carboxylic acids is 1. The molecule has 0 atom stereocenters. The molecule has 144 valence electrons. The van der Waals surface area contributed by atoms with Gasteiger partial charge in [-0.3, -0.25) is 0 Å². The minimum Gasteiger partial charge on any atom is -0.489 e. The predicted molar refractivity (Wildman–Crippen MR) is 101 cm³/mol. The number of hydrogen-bond acceptors (Lipinski definition) is 7. The molecule has 0 saturated carbocycles. The van der Waals surface area contributed by atoms with Crippen LogP contribution in [0.5, 0.6) is 5.75 Å². The smallest absolute Gasteiger partial charge is 0.358 e. The highest BCUT2D eigenvalue weighted by Gasteiger charge is 2.18. The summed E-state index contributed by atoms with van der Waals surface area (Å²) in [5.41, 5.74) is 2.67. The predicted octanol–water partition coefficient (Wildman–Crippen LogP) is 2.20. The molecule has 9 heteroatoms. The Balaban J connectivity index is 1.81. The van der Waals surface area contributed by atoms with Gasteiger partial charge < -0.3 is 14.7 Å². The lowest BCUT2D eigenvalue weighted by atomic mass is 10.0. The molecular weight excluding hydrogens is 362 g/mol. The fourth-order valence-electron chi connectivity index (χ4n) is 2.68. The second-order valence-corrected chi connectivity index (χ2v) is 5.96. The van der Waals surface area contributed by atoms with Crippen LogP contribution >= 0.6 is 0 Å². The number of carbonyl (C=O) groups is 1. The lowest BCUT2D eigenvalue weighted by Gasteiger charge is -2.13. The molecule has 3 rings (SSSR count). The van der Waals surface area contributed by atoms with Gasteiger partial charge in [0.25, 0.3) is 0 Å². The van der Waals surface area contributed by atoms with Gasteiger partial charge in [-0.1, -0.05) is 29.4 Å². The number of nitrogens with zero attached hydrogens (tertiary/aromatic N) is 5. The van der Waals surface area contributed by atoms with Gasteiger partial charge in [0.1, 0.15) is 19.5 Å². The molecule has 28 heavy (non-hydrogen) atoms. The fourth-order valence-corrected chi connectivity index (χ4v) is 2.68. The zero-order valence-electron chi connectivity index (χ0n) is 15.7. The summed E-state index contributed by atoms with van der Waals surface area (Å²) in [5, 5.41) is 25.0. The first-order valence-corrected chi connectivity index (χ1v) is 8.40. The quantitative estimate of drug-likeness (QED) is 0.493. The zero-order valence-corrected chi connectivity index (χ0v) is 15.7. The van der Waals surface area contributed by atoms with E-state index in [9.17, 15) is 9.90 Å². The maximum atomic E-state index is 11.5. The summed E-state index contributed by atoms with van der Waals surface area (Å²) in [4.78, 5) is 17.5. The van der Waals surface area contributed by atoms with Gasteiger partial charge in [-0.05, 0) is 41.5 Å². The van der Waals surface area contributed by atoms with Crippen LogP contribution in [-0.2, 0) is 23.3 Å². The molecule has 2 aromatic carbocycles. The van der Waals surface area contributed by atoms with Crippen LogP contribution < -0.4 is 4.74 Å². The van der Waals surface area contributed by atoms with E-state index in [1.807, 2.05) is 31.2 Å². The number of oxime groups is 1. The summed E-state index contributed by atoms with van der Waals surface area (Å²) in [6.07, 6.45) is 0. The summed E-state index contributed by atoms with van der Waals surface area (Å²) < 4.78 is 5.92. The van der Waals surface area contributed by atoms with Crippen LogP contribution in [0.3, 0.4) is 0 Å². The molecule has 0 aliphatic heterocycles. The Kier molecular flexibility index (Phi) is 5.64. The SMILES string of the molecule is CO/N=C(/C(=O)O)c1ccccc1COc1ccc(-c2nnn(C)n2)cc1C. The normalized spacial score (nSPS) is 11.3. The Bertz CT molecular complexity index is 1030. The van der Waals surface area contributed by atoms with Crippen LogP contribution in [0.2, 0.25) is 0 Å². The van der Waals surface area contributed by atoms with Gasteiger partial charge in [-0.15, -0.1) is 10.2 Å². The lowest BCUT2D eigenvalue weighted by Crippen LogP contribution is -2.17.